The van der Waals surface area contributed by atoms with E-state index in [4.69, 9.17) is 19.4 Å². The zero-order valence-corrected chi connectivity index (χ0v) is 33.4. The SMILES string of the molecule is COC(=O)N[C@@H](C(=O)N1CCC[C@H]1c1ncc(-c2ccc(-c3ccc(-c4cnc([C@@H]5CCCN5C(=O)[C@H](NC(=O)OC)c5ccccc5)[nH]4)s3)cc2)[nH]1)c1ccccc1. The molecule has 0 aliphatic carbocycles. The molecule has 14 nitrogen and oxygen atoms in total. The lowest BCUT2D eigenvalue weighted by molar-refractivity contribution is -0.135. The third kappa shape index (κ3) is 8.32. The number of hydrogen-bond acceptors (Lipinski definition) is 9. The molecule has 2 aliphatic rings. The topological polar surface area (TPSA) is 175 Å². The number of nitrogens with zero attached hydrogens (tertiary/aromatic N) is 4. The Morgan fingerprint density at radius 1 is 0.627 bits per heavy atom. The smallest absolute Gasteiger partial charge is 0.407 e. The summed E-state index contributed by atoms with van der Waals surface area (Å²) in [6.07, 6.45) is 5.38. The fourth-order valence-corrected chi connectivity index (χ4v) is 8.89. The van der Waals surface area contributed by atoms with Crippen LogP contribution in [0.1, 0.15) is 72.6 Å². The first kappa shape index (κ1) is 39.1. The number of aromatic nitrogens is 4. The second kappa shape index (κ2) is 17.4. The molecule has 2 aliphatic heterocycles. The van der Waals surface area contributed by atoms with Crippen molar-refractivity contribution in [1.82, 2.24) is 40.4 Å². The number of carbonyl (C=O) groups excluding carboxylic acids is 4. The fourth-order valence-electron chi connectivity index (χ4n) is 7.92. The summed E-state index contributed by atoms with van der Waals surface area (Å²) in [5.74, 6) is 0.965. The van der Waals surface area contributed by atoms with Crippen molar-refractivity contribution in [3.63, 3.8) is 0 Å². The minimum atomic E-state index is -0.885. The number of amides is 4. The molecule has 6 aromatic rings. The molecular formula is C44H44N8O6S. The second-order valence-electron chi connectivity index (χ2n) is 14.4. The van der Waals surface area contributed by atoms with Crippen LogP contribution in [0.3, 0.4) is 0 Å². The summed E-state index contributed by atoms with van der Waals surface area (Å²) < 4.78 is 9.66. The summed E-state index contributed by atoms with van der Waals surface area (Å²) in [6, 6.07) is 28.4. The summed E-state index contributed by atoms with van der Waals surface area (Å²) >= 11 is 1.64. The highest BCUT2D eigenvalue weighted by molar-refractivity contribution is 7.18. The van der Waals surface area contributed by atoms with Gasteiger partial charge < -0.3 is 39.9 Å². The van der Waals surface area contributed by atoms with E-state index in [1.54, 1.807) is 27.3 Å². The lowest BCUT2D eigenvalue weighted by Crippen LogP contribution is -2.42. The van der Waals surface area contributed by atoms with Crippen molar-refractivity contribution in [2.24, 2.45) is 0 Å². The lowest BCUT2D eigenvalue weighted by Gasteiger charge is -2.28. The van der Waals surface area contributed by atoms with E-state index in [0.29, 0.717) is 35.9 Å². The normalized spacial score (nSPS) is 17.3. The number of hydrogen-bond donors (Lipinski definition) is 4. The van der Waals surface area contributed by atoms with Gasteiger partial charge in [-0.1, -0.05) is 84.9 Å². The molecule has 0 spiro atoms. The average molecular weight is 813 g/mol. The highest BCUT2D eigenvalue weighted by atomic mass is 32.1. The van der Waals surface area contributed by atoms with Gasteiger partial charge in [-0.2, -0.15) is 0 Å². The molecule has 0 saturated carbocycles. The van der Waals surface area contributed by atoms with Gasteiger partial charge in [0.25, 0.3) is 11.8 Å². The number of methoxy groups -OCH3 is 2. The number of thiophene rings is 1. The molecule has 4 amide bonds. The van der Waals surface area contributed by atoms with Crippen molar-refractivity contribution in [3.8, 4) is 32.3 Å². The highest BCUT2D eigenvalue weighted by Gasteiger charge is 2.38. The maximum Gasteiger partial charge on any atom is 0.407 e. The van der Waals surface area contributed by atoms with Gasteiger partial charge in [-0.25, -0.2) is 19.6 Å². The van der Waals surface area contributed by atoms with Gasteiger partial charge in [0.1, 0.15) is 23.7 Å². The average Bonchev–Trinajstić information content (AvgIpc) is 4.13. The van der Waals surface area contributed by atoms with Crippen LogP contribution in [0.25, 0.3) is 32.3 Å². The molecule has 3 aromatic carbocycles. The molecule has 2 fully saturated rings. The Morgan fingerprint density at radius 3 is 1.59 bits per heavy atom. The van der Waals surface area contributed by atoms with Gasteiger partial charge in [0.05, 0.1) is 55.0 Å². The molecule has 2 saturated heterocycles. The monoisotopic (exact) mass is 812 g/mol. The van der Waals surface area contributed by atoms with Gasteiger partial charge in [-0.15, -0.1) is 11.3 Å². The van der Waals surface area contributed by atoms with Crippen LogP contribution in [0.5, 0.6) is 0 Å². The predicted molar refractivity (Wildman–Crippen MR) is 222 cm³/mol. The predicted octanol–water partition coefficient (Wildman–Crippen LogP) is 7.72. The second-order valence-corrected chi connectivity index (χ2v) is 15.5. The van der Waals surface area contributed by atoms with Gasteiger partial charge >= 0.3 is 12.2 Å². The third-order valence-electron chi connectivity index (χ3n) is 10.9. The Hall–Kier alpha value is -6.74. The first-order valence-electron chi connectivity index (χ1n) is 19.5. The minimum absolute atomic E-state index is 0.215. The van der Waals surface area contributed by atoms with Gasteiger partial charge in [0.2, 0.25) is 0 Å². The van der Waals surface area contributed by atoms with Crippen molar-refractivity contribution in [2.45, 2.75) is 49.9 Å². The number of alkyl carbamates (subject to hydrolysis) is 2. The summed E-state index contributed by atoms with van der Waals surface area (Å²) in [5.41, 5.74) is 5.07. The van der Waals surface area contributed by atoms with Gasteiger partial charge in [0, 0.05) is 18.0 Å². The van der Waals surface area contributed by atoms with Crippen LogP contribution in [-0.4, -0.2) is 81.0 Å². The molecule has 0 unspecified atom stereocenters. The van der Waals surface area contributed by atoms with E-state index in [-0.39, 0.29) is 23.9 Å². The van der Waals surface area contributed by atoms with E-state index in [0.717, 1.165) is 58.0 Å². The molecule has 59 heavy (non-hydrogen) atoms. The van der Waals surface area contributed by atoms with Crippen LogP contribution in [0.15, 0.2) is 109 Å². The largest absolute Gasteiger partial charge is 0.453 e. The molecule has 0 bridgehead atoms. The molecule has 5 heterocycles. The van der Waals surface area contributed by atoms with Crippen molar-refractivity contribution in [1.29, 1.82) is 0 Å². The number of benzene rings is 3. The number of ether oxygens (including phenoxy) is 2. The standard InChI is InChI=1S/C44H44N8O6S/c1-57-43(55)49-37(29-11-5-3-6-12-29)41(53)51-23-9-15-33(51)39-45-25-31(47-39)27-17-19-28(20-18-27)35-21-22-36(59-35)32-26-46-40(48-32)34-16-10-24-52(34)42(54)38(50-44(56)58-2)30-13-7-4-8-14-30/h3-8,11-14,17-22,25-26,33-34,37-38H,9-10,15-16,23-24H2,1-2H3,(H,45,47)(H,46,48)(H,49,55)(H,50,56)/t33-,34-,37+,38+/m0/s1. The van der Waals surface area contributed by atoms with E-state index in [1.807, 2.05) is 79.0 Å². The van der Waals surface area contributed by atoms with Crippen LogP contribution >= 0.6 is 11.3 Å². The Balaban J connectivity index is 0.940. The van der Waals surface area contributed by atoms with Crippen LogP contribution < -0.4 is 10.6 Å². The number of nitrogens with one attached hydrogen (secondary N) is 4. The Kier molecular flexibility index (Phi) is 11.5. The van der Waals surface area contributed by atoms with E-state index < -0.39 is 24.3 Å². The van der Waals surface area contributed by atoms with Crippen LogP contribution in [0.2, 0.25) is 0 Å². The van der Waals surface area contributed by atoms with Crippen LogP contribution in [-0.2, 0) is 19.1 Å². The number of likely N-dealkylation sites (tertiary alicyclic amines) is 2. The first-order valence-corrected chi connectivity index (χ1v) is 20.3. The zero-order chi connectivity index (χ0) is 40.9. The Labute approximate surface area is 345 Å². The molecular weight excluding hydrogens is 769 g/mol. The fraction of sp³-hybridized carbons (Fsp3) is 0.273. The molecule has 15 heteroatoms. The third-order valence-corrected chi connectivity index (χ3v) is 12.1. The van der Waals surface area contributed by atoms with Crippen LogP contribution in [0.4, 0.5) is 9.59 Å². The summed E-state index contributed by atoms with van der Waals surface area (Å²) in [7, 11) is 2.56. The quantitative estimate of drug-likeness (QED) is 0.103. The number of H-pyrrole nitrogens is 2. The van der Waals surface area contributed by atoms with Crippen molar-refractivity contribution in [2.75, 3.05) is 27.3 Å². The van der Waals surface area contributed by atoms with Gasteiger partial charge in [-0.3, -0.25) is 9.59 Å². The number of carbonyl (C=O) groups is 4. The lowest BCUT2D eigenvalue weighted by atomic mass is 10.1. The Morgan fingerprint density at radius 2 is 1.08 bits per heavy atom. The van der Waals surface area contributed by atoms with E-state index in [9.17, 15) is 19.2 Å². The molecule has 302 valence electrons. The molecule has 8 rings (SSSR count). The van der Waals surface area contributed by atoms with Crippen molar-refractivity contribution >= 4 is 35.3 Å². The Bertz CT molecular complexity index is 2410. The maximum atomic E-state index is 13.9. The van der Waals surface area contributed by atoms with Gasteiger partial charge in [-0.05, 0) is 60.1 Å². The summed E-state index contributed by atoms with van der Waals surface area (Å²) in [4.78, 5) is 74.3. The first-order chi connectivity index (χ1) is 28.8. The minimum Gasteiger partial charge on any atom is -0.453 e. The summed E-state index contributed by atoms with van der Waals surface area (Å²) in [5, 5.41) is 5.42. The van der Waals surface area contributed by atoms with Crippen LogP contribution in [0, 0.1) is 0 Å². The molecule has 0 radical (unpaired) electrons. The molecule has 3 aromatic heterocycles. The summed E-state index contributed by atoms with van der Waals surface area (Å²) in [6.45, 7) is 1.10. The van der Waals surface area contributed by atoms with Crippen molar-refractivity contribution < 1.29 is 28.7 Å². The van der Waals surface area contributed by atoms with E-state index in [1.165, 1.54) is 14.2 Å². The van der Waals surface area contributed by atoms with Gasteiger partial charge in [0.15, 0.2) is 0 Å². The number of rotatable bonds is 11. The molecule has 4 N–H and O–H groups in total. The number of imidazole rings is 2. The number of aromatic amines is 2. The van der Waals surface area contributed by atoms with E-state index >= 15 is 0 Å². The highest BCUT2D eigenvalue weighted by Crippen LogP contribution is 2.38. The zero-order valence-electron chi connectivity index (χ0n) is 32.6. The van der Waals surface area contributed by atoms with Crippen molar-refractivity contribution in [3.05, 3.63) is 132 Å². The maximum absolute atomic E-state index is 13.9. The van der Waals surface area contributed by atoms with E-state index in [2.05, 4.69) is 44.9 Å². The molecule has 4 atom stereocenters.